The van der Waals surface area contributed by atoms with Crippen LogP contribution in [0.15, 0.2) is 54.3 Å². The van der Waals surface area contributed by atoms with Gasteiger partial charge in [-0.1, -0.05) is 12.1 Å². The first-order valence-corrected chi connectivity index (χ1v) is 8.98. The number of hydrogen-bond acceptors (Lipinski definition) is 4. The molecule has 25 heavy (non-hydrogen) atoms. The molecule has 3 aromatic heterocycles. The summed E-state index contributed by atoms with van der Waals surface area (Å²) < 4.78 is 3.95. The van der Waals surface area contributed by atoms with Crippen LogP contribution in [0, 0.1) is 0 Å². The molecule has 4 aromatic rings. The number of rotatable bonds is 2. The quantitative estimate of drug-likeness (QED) is 0.605. The lowest BCUT2D eigenvalue weighted by Crippen LogP contribution is -2.21. The highest BCUT2D eigenvalue weighted by atomic mass is 32.1. The van der Waals surface area contributed by atoms with E-state index in [-0.39, 0.29) is 11.8 Å². The Balaban J connectivity index is 1.68. The molecule has 1 amide bonds. The van der Waals surface area contributed by atoms with Crippen LogP contribution in [0.25, 0.3) is 10.6 Å². The highest BCUT2D eigenvalue weighted by Crippen LogP contribution is 2.34. The number of fused-ring (bicyclic) bond motifs is 3. The SMILES string of the molecule is O=C1C[C@H](c2cccc(-n3cccn3)c2)c2c(nc3sccn23)CN1. The van der Waals surface area contributed by atoms with Gasteiger partial charge in [0, 0.05) is 36.3 Å². The molecule has 1 aromatic carbocycles. The minimum Gasteiger partial charge on any atom is -0.350 e. The number of carbonyl (C=O) groups is 1. The molecule has 0 radical (unpaired) electrons. The van der Waals surface area contributed by atoms with Crippen molar-refractivity contribution in [3.8, 4) is 5.69 Å². The second-order valence-corrected chi connectivity index (χ2v) is 6.95. The smallest absolute Gasteiger partial charge is 0.221 e. The molecule has 1 aliphatic heterocycles. The van der Waals surface area contributed by atoms with E-state index in [1.165, 1.54) is 0 Å². The maximum Gasteiger partial charge on any atom is 0.221 e. The lowest BCUT2D eigenvalue weighted by molar-refractivity contribution is -0.121. The highest BCUT2D eigenvalue weighted by molar-refractivity contribution is 7.15. The van der Waals surface area contributed by atoms with Gasteiger partial charge < -0.3 is 5.32 Å². The fourth-order valence-corrected chi connectivity index (χ4v) is 4.20. The van der Waals surface area contributed by atoms with E-state index in [9.17, 15) is 4.79 Å². The Hall–Kier alpha value is -2.93. The van der Waals surface area contributed by atoms with Crippen molar-refractivity contribution in [3.05, 3.63) is 71.3 Å². The van der Waals surface area contributed by atoms with Crippen LogP contribution in [-0.2, 0) is 11.3 Å². The fourth-order valence-electron chi connectivity index (χ4n) is 3.46. The average Bonchev–Trinajstić information content (AvgIpc) is 3.34. The third-order valence-corrected chi connectivity index (χ3v) is 5.35. The van der Waals surface area contributed by atoms with Crippen LogP contribution in [0.1, 0.15) is 29.3 Å². The molecule has 0 aliphatic carbocycles. The summed E-state index contributed by atoms with van der Waals surface area (Å²) in [6.07, 6.45) is 6.13. The first-order valence-electron chi connectivity index (χ1n) is 8.10. The van der Waals surface area contributed by atoms with E-state index in [4.69, 9.17) is 4.98 Å². The molecule has 0 unspecified atom stereocenters. The highest BCUT2D eigenvalue weighted by Gasteiger charge is 2.29. The largest absolute Gasteiger partial charge is 0.350 e. The first-order chi connectivity index (χ1) is 12.3. The Morgan fingerprint density at radius 2 is 2.20 bits per heavy atom. The molecule has 1 aliphatic rings. The minimum atomic E-state index is -0.0300. The third-order valence-electron chi connectivity index (χ3n) is 4.59. The molecule has 0 saturated heterocycles. The van der Waals surface area contributed by atoms with Gasteiger partial charge in [0.25, 0.3) is 0 Å². The van der Waals surface area contributed by atoms with Gasteiger partial charge in [-0.25, -0.2) is 9.67 Å². The molecule has 0 bridgehead atoms. The van der Waals surface area contributed by atoms with Gasteiger partial charge >= 0.3 is 0 Å². The van der Waals surface area contributed by atoms with Gasteiger partial charge in [-0.15, -0.1) is 11.3 Å². The Bertz CT molecular complexity index is 1060. The van der Waals surface area contributed by atoms with Crippen LogP contribution in [-0.4, -0.2) is 25.1 Å². The van der Waals surface area contributed by atoms with Crippen LogP contribution in [0.2, 0.25) is 0 Å². The van der Waals surface area contributed by atoms with Crippen LogP contribution in [0.4, 0.5) is 0 Å². The minimum absolute atomic E-state index is 0.0300. The molecular weight excluding hydrogens is 334 g/mol. The molecule has 6 nitrogen and oxygen atoms in total. The number of nitrogens with zero attached hydrogens (tertiary/aromatic N) is 4. The second kappa shape index (κ2) is 5.56. The fraction of sp³-hybridized carbons (Fsp3) is 0.167. The Morgan fingerprint density at radius 3 is 3.08 bits per heavy atom. The predicted molar refractivity (Wildman–Crippen MR) is 94.9 cm³/mol. The van der Waals surface area contributed by atoms with E-state index in [1.54, 1.807) is 17.5 Å². The number of nitrogens with one attached hydrogen (secondary N) is 1. The van der Waals surface area contributed by atoms with Crippen molar-refractivity contribution in [2.24, 2.45) is 0 Å². The van der Waals surface area contributed by atoms with Crippen molar-refractivity contribution in [3.63, 3.8) is 0 Å². The van der Waals surface area contributed by atoms with E-state index in [1.807, 2.05) is 40.7 Å². The molecule has 0 spiro atoms. The molecular formula is C18H15N5OS. The van der Waals surface area contributed by atoms with Crippen LogP contribution >= 0.6 is 11.3 Å². The topological polar surface area (TPSA) is 64.2 Å². The Kier molecular flexibility index (Phi) is 3.21. The van der Waals surface area contributed by atoms with Crippen molar-refractivity contribution in [1.29, 1.82) is 0 Å². The maximum atomic E-state index is 12.3. The predicted octanol–water partition coefficient (Wildman–Crippen LogP) is 2.73. The van der Waals surface area contributed by atoms with Crippen molar-refractivity contribution >= 4 is 22.2 Å². The van der Waals surface area contributed by atoms with Crippen molar-refractivity contribution in [2.75, 3.05) is 0 Å². The van der Waals surface area contributed by atoms with E-state index in [0.717, 1.165) is 27.6 Å². The molecule has 1 N–H and O–H groups in total. The summed E-state index contributed by atoms with van der Waals surface area (Å²) >= 11 is 1.61. The van der Waals surface area contributed by atoms with E-state index in [0.29, 0.717) is 13.0 Å². The zero-order valence-electron chi connectivity index (χ0n) is 13.3. The van der Waals surface area contributed by atoms with E-state index < -0.39 is 0 Å². The Labute approximate surface area is 147 Å². The lowest BCUT2D eigenvalue weighted by atomic mass is 9.91. The van der Waals surface area contributed by atoms with Crippen LogP contribution in [0.5, 0.6) is 0 Å². The summed E-state index contributed by atoms with van der Waals surface area (Å²) in [6.45, 7) is 0.484. The number of imidazole rings is 1. The van der Waals surface area contributed by atoms with Crippen LogP contribution < -0.4 is 5.32 Å². The number of amides is 1. The van der Waals surface area contributed by atoms with E-state index >= 15 is 0 Å². The molecule has 1 atom stereocenters. The van der Waals surface area contributed by atoms with Gasteiger partial charge in [0.15, 0.2) is 4.96 Å². The van der Waals surface area contributed by atoms with Crippen molar-refractivity contribution in [2.45, 2.75) is 18.9 Å². The van der Waals surface area contributed by atoms with Gasteiger partial charge in [0.2, 0.25) is 5.91 Å². The lowest BCUT2D eigenvalue weighted by Gasteiger charge is -2.16. The molecule has 5 rings (SSSR count). The van der Waals surface area contributed by atoms with Crippen molar-refractivity contribution in [1.82, 2.24) is 24.5 Å². The normalized spacial score (nSPS) is 17.3. The Morgan fingerprint density at radius 1 is 1.24 bits per heavy atom. The zero-order valence-corrected chi connectivity index (χ0v) is 14.1. The molecule has 0 saturated carbocycles. The van der Waals surface area contributed by atoms with Gasteiger partial charge in [0.1, 0.15) is 0 Å². The zero-order chi connectivity index (χ0) is 16.8. The standard InChI is InChI=1S/C18H15N5OS/c24-16-10-14(12-3-1-4-13(9-12)23-6-2-5-20-23)17-15(11-19-16)21-18-22(17)7-8-25-18/h1-9,14H,10-11H2,(H,19,24)/t14-/m1/s1. The average molecular weight is 349 g/mol. The summed E-state index contributed by atoms with van der Waals surface area (Å²) in [5, 5.41) is 9.30. The summed E-state index contributed by atoms with van der Waals surface area (Å²) in [5.41, 5.74) is 4.14. The monoisotopic (exact) mass is 349 g/mol. The third kappa shape index (κ3) is 2.35. The first kappa shape index (κ1) is 14.4. The van der Waals surface area contributed by atoms with Gasteiger partial charge in [0.05, 0.1) is 23.6 Å². The van der Waals surface area contributed by atoms with E-state index in [2.05, 4.69) is 26.9 Å². The summed E-state index contributed by atoms with van der Waals surface area (Å²) in [5.74, 6) is 0.0223. The molecule has 7 heteroatoms. The number of carbonyl (C=O) groups excluding carboxylic acids is 1. The number of hydrogen-bond donors (Lipinski definition) is 1. The number of benzene rings is 1. The maximum absolute atomic E-state index is 12.3. The van der Waals surface area contributed by atoms with Crippen LogP contribution in [0.3, 0.4) is 0 Å². The van der Waals surface area contributed by atoms with Gasteiger partial charge in [-0.3, -0.25) is 9.20 Å². The molecule has 4 heterocycles. The molecule has 124 valence electrons. The number of thiazole rings is 1. The summed E-state index contributed by atoms with van der Waals surface area (Å²) in [7, 11) is 0. The summed E-state index contributed by atoms with van der Waals surface area (Å²) in [6, 6.07) is 10.1. The van der Waals surface area contributed by atoms with Crippen molar-refractivity contribution < 1.29 is 4.79 Å². The summed E-state index contributed by atoms with van der Waals surface area (Å²) in [4.78, 5) is 17.9. The van der Waals surface area contributed by atoms with Gasteiger partial charge in [-0.05, 0) is 23.8 Å². The second-order valence-electron chi connectivity index (χ2n) is 6.08. The number of aromatic nitrogens is 4. The van der Waals surface area contributed by atoms with Gasteiger partial charge in [-0.2, -0.15) is 5.10 Å². The molecule has 0 fully saturated rings.